The minimum absolute atomic E-state index is 0.00537. The third kappa shape index (κ3) is 2.89. The average Bonchev–Trinajstić information content (AvgIpc) is 2.91. The zero-order valence-corrected chi connectivity index (χ0v) is 12.0. The highest BCUT2D eigenvalue weighted by atomic mass is 32.1. The van der Waals surface area contributed by atoms with Gasteiger partial charge in [0.15, 0.2) is 0 Å². The predicted molar refractivity (Wildman–Crippen MR) is 81.6 cm³/mol. The van der Waals surface area contributed by atoms with E-state index in [9.17, 15) is 4.79 Å². The molecule has 0 unspecified atom stereocenters. The van der Waals surface area contributed by atoms with Gasteiger partial charge in [0.2, 0.25) is 5.91 Å². The first-order chi connectivity index (χ1) is 9.65. The van der Waals surface area contributed by atoms with Crippen molar-refractivity contribution in [2.45, 2.75) is 31.2 Å². The van der Waals surface area contributed by atoms with Crippen LogP contribution >= 0.6 is 11.3 Å². The van der Waals surface area contributed by atoms with E-state index in [1.54, 1.807) is 17.5 Å². The van der Waals surface area contributed by atoms with Crippen molar-refractivity contribution in [1.29, 1.82) is 0 Å². The predicted octanol–water partition coefficient (Wildman–Crippen LogP) is 3.02. The molecule has 1 amide bonds. The van der Waals surface area contributed by atoms with Crippen molar-refractivity contribution in [2.75, 3.05) is 5.32 Å². The zero-order chi connectivity index (χ0) is 14.0. The van der Waals surface area contributed by atoms with Crippen molar-refractivity contribution in [3.8, 4) is 10.6 Å². The summed E-state index contributed by atoms with van der Waals surface area (Å²) in [5, 5.41) is 5.84. The van der Waals surface area contributed by atoms with Gasteiger partial charge < -0.3 is 11.1 Å². The van der Waals surface area contributed by atoms with Crippen LogP contribution in [-0.2, 0) is 4.79 Å². The van der Waals surface area contributed by atoms with E-state index in [4.69, 9.17) is 5.73 Å². The SMILES string of the molecule is NC1(CC(=O)Nc2ccc(-c3nccs3)cc2)CCC1. The minimum atomic E-state index is -0.273. The summed E-state index contributed by atoms with van der Waals surface area (Å²) in [6, 6.07) is 7.74. The number of amides is 1. The highest BCUT2D eigenvalue weighted by Gasteiger charge is 2.34. The molecule has 1 aliphatic carbocycles. The van der Waals surface area contributed by atoms with Gasteiger partial charge in [0.1, 0.15) is 5.01 Å². The summed E-state index contributed by atoms with van der Waals surface area (Å²) in [6.45, 7) is 0. The second-order valence-electron chi connectivity index (χ2n) is 5.36. The Bertz CT molecular complexity index is 588. The van der Waals surface area contributed by atoms with E-state index in [0.717, 1.165) is 35.5 Å². The van der Waals surface area contributed by atoms with Crippen molar-refractivity contribution in [3.63, 3.8) is 0 Å². The van der Waals surface area contributed by atoms with E-state index in [1.807, 2.05) is 29.6 Å². The Hall–Kier alpha value is -1.72. The van der Waals surface area contributed by atoms with Gasteiger partial charge in [-0.15, -0.1) is 11.3 Å². The van der Waals surface area contributed by atoms with E-state index in [2.05, 4.69) is 10.3 Å². The molecule has 1 heterocycles. The number of rotatable bonds is 4. The summed E-state index contributed by atoms with van der Waals surface area (Å²) in [6.07, 6.45) is 5.22. The molecular weight excluding hydrogens is 270 g/mol. The number of nitrogens with one attached hydrogen (secondary N) is 1. The molecular formula is C15H17N3OS. The van der Waals surface area contributed by atoms with Crippen LogP contribution in [0.2, 0.25) is 0 Å². The Kier molecular flexibility index (Phi) is 3.54. The van der Waals surface area contributed by atoms with Crippen LogP contribution in [0.25, 0.3) is 10.6 Å². The third-order valence-corrected chi connectivity index (χ3v) is 4.53. The molecule has 1 saturated carbocycles. The summed E-state index contributed by atoms with van der Waals surface area (Å²) >= 11 is 1.60. The quantitative estimate of drug-likeness (QED) is 0.908. The molecule has 0 aliphatic heterocycles. The van der Waals surface area contributed by atoms with Gasteiger partial charge >= 0.3 is 0 Å². The Balaban J connectivity index is 1.62. The number of aromatic nitrogens is 1. The maximum absolute atomic E-state index is 11.9. The highest BCUT2D eigenvalue weighted by Crippen LogP contribution is 2.32. The van der Waals surface area contributed by atoms with Gasteiger partial charge in [0.25, 0.3) is 0 Å². The fourth-order valence-electron chi connectivity index (χ4n) is 2.39. The van der Waals surface area contributed by atoms with Crippen molar-refractivity contribution in [3.05, 3.63) is 35.8 Å². The topological polar surface area (TPSA) is 68.0 Å². The van der Waals surface area contributed by atoms with E-state index in [1.165, 1.54) is 0 Å². The van der Waals surface area contributed by atoms with Gasteiger partial charge in [-0.1, -0.05) is 0 Å². The van der Waals surface area contributed by atoms with E-state index in [0.29, 0.717) is 6.42 Å². The molecule has 0 bridgehead atoms. The Morgan fingerprint density at radius 2 is 2.10 bits per heavy atom. The monoisotopic (exact) mass is 287 g/mol. The number of anilines is 1. The number of hydrogen-bond donors (Lipinski definition) is 2. The first kappa shape index (κ1) is 13.3. The zero-order valence-electron chi connectivity index (χ0n) is 11.1. The van der Waals surface area contributed by atoms with Gasteiger partial charge in [-0.25, -0.2) is 4.98 Å². The molecule has 20 heavy (non-hydrogen) atoms. The summed E-state index contributed by atoms with van der Waals surface area (Å²) in [4.78, 5) is 16.2. The molecule has 0 spiro atoms. The highest BCUT2D eigenvalue weighted by molar-refractivity contribution is 7.13. The van der Waals surface area contributed by atoms with E-state index < -0.39 is 0 Å². The minimum Gasteiger partial charge on any atom is -0.326 e. The van der Waals surface area contributed by atoms with E-state index in [-0.39, 0.29) is 11.4 Å². The standard InChI is InChI=1S/C15H17N3OS/c16-15(6-1-7-15)10-13(19)18-12-4-2-11(3-5-12)14-17-8-9-20-14/h2-5,8-9H,1,6-7,10,16H2,(H,18,19). The number of hydrogen-bond acceptors (Lipinski definition) is 4. The summed E-state index contributed by atoms with van der Waals surface area (Å²) in [5.74, 6) is -0.00537. The molecule has 5 heteroatoms. The van der Waals surface area contributed by atoms with Crippen LogP contribution in [0, 0.1) is 0 Å². The maximum Gasteiger partial charge on any atom is 0.226 e. The second kappa shape index (κ2) is 5.34. The van der Waals surface area contributed by atoms with Crippen LogP contribution in [0.15, 0.2) is 35.8 Å². The summed E-state index contributed by atoms with van der Waals surface area (Å²) in [7, 11) is 0. The van der Waals surface area contributed by atoms with Crippen molar-refractivity contribution < 1.29 is 4.79 Å². The van der Waals surface area contributed by atoms with Crippen LogP contribution in [0.3, 0.4) is 0 Å². The molecule has 104 valence electrons. The van der Waals surface area contributed by atoms with Crippen LogP contribution in [0.4, 0.5) is 5.69 Å². The number of carbonyl (C=O) groups is 1. The third-order valence-electron chi connectivity index (χ3n) is 3.71. The number of thiazole rings is 1. The molecule has 3 N–H and O–H groups in total. The first-order valence-corrected chi connectivity index (χ1v) is 7.61. The van der Waals surface area contributed by atoms with Gasteiger partial charge in [-0.05, 0) is 43.5 Å². The molecule has 2 aromatic rings. The lowest BCUT2D eigenvalue weighted by Gasteiger charge is -2.37. The normalized spacial score (nSPS) is 16.4. The van der Waals surface area contributed by atoms with Gasteiger partial charge in [0.05, 0.1) is 0 Å². The molecule has 1 aromatic heterocycles. The molecule has 1 aliphatic rings. The number of carbonyl (C=O) groups excluding carboxylic acids is 1. The fraction of sp³-hybridized carbons (Fsp3) is 0.333. The Morgan fingerprint density at radius 3 is 2.65 bits per heavy atom. The summed E-state index contributed by atoms with van der Waals surface area (Å²) in [5.41, 5.74) is 7.67. The second-order valence-corrected chi connectivity index (χ2v) is 6.25. The van der Waals surface area contributed by atoms with Crippen molar-refractivity contribution >= 4 is 22.9 Å². The average molecular weight is 287 g/mol. The van der Waals surface area contributed by atoms with Crippen molar-refractivity contribution in [2.24, 2.45) is 5.73 Å². The lowest BCUT2D eigenvalue weighted by Crippen LogP contribution is -2.48. The lowest BCUT2D eigenvalue weighted by atomic mass is 9.75. The number of benzene rings is 1. The molecule has 0 radical (unpaired) electrons. The fourth-order valence-corrected chi connectivity index (χ4v) is 3.04. The molecule has 1 aromatic carbocycles. The molecule has 0 saturated heterocycles. The van der Waals surface area contributed by atoms with Crippen molar-refractivity contribution in [1.82, 2.24) is 4.98 Å². The van der Waals surface area contributed by atoms with Crippen LogP contribution in [0.5, 0.6) is 0 Å². The summed E-state index contributed by atoms with van der Waals surface area (Å²) < 4.78 is 0. The van der Waals surface area contributed by atoms with Gasteiger partial charge in [-0.2, -0.15) is 0 Å². The smallest absolute Gasteiger partial charge is 0.226 e. The first-order valence-electron chi connectivity index (χ1n) is 6.73. The Morgan fingerprint density at radius 1 is 1.35 bits per heavy atom. The molecule has 4 nitrogen and oxygen atoms in total. The van der Waals surface area contributed by atoms with Crippen LogP contribution in [0.1, 0.15) is 25.7 Å². The Labute approximate surface area is 122 Å². The van der Waals surface area contributed by atoms with E-state index >= 15 is 0 Å². The number of nitrogens with two attached hydrogens (primary N) is 1. The van der Waals surface area contributed by atoms with Crippen LogP contribution in [-0.4, -0.2) is 16.4 Å². The molecule has 0 atom stereocenters. The molecule has 3 rings (SSSR count). The number of nitrogens with zero attached hydrogens (tertiary/aromatic N) is 1. The molecule has 1 fully saturated rings. The van der Waals surface area contributed by atoms with Crippen LogP contribution < -0.4 is 11.1 Å². The lowest BCUT2D eigenvalue weighted by molar-refractivity contribution is -0.118. The van der Waals surface area contributed by atoms with Gasteiger partial charge in [-0.3, -0.25) is 4.79 Å². The largest absolute Gasteiger partial charge is 0.326 e. The van der Waals surface area contributed by atoms with Gasteiger partial charge in [0, 0.05) is 34.8 Å². The maximum atomic E-state index is 11.9.